The predicted octanol–water partition coefficient (Wildman–Crippen LogP) is 2.47. The summed E-state index contributed by atoms with van der Waals surface area (Å²) in [5.41, 5.74) is 0.515. The summed E-state index contributed by atoms with van der Waals surface area (Å²) in [6, 6.07) is 5.18. The van der Waals surface area contributed by atoms with Crippen LogP contribution in [0.1, 0.15) is 16.8 Å². The lowest BCUT2D eigenvalue weighted by molar-refractivity contribution is 0.0935. The lowest BCUT2D eigenvalue weighted by atomic mass is 10.1. The van der Waals surface area contributed by atoms with Gasteiger partial charge in [-0.15, -0.1) is 0 Å². The first kappa shape index (κ1) is 13.8. The fraction of sp³-hybridized carbons (Fsp3) is 0.462. The number of hydrogen-bond acceptors (Lipinski definition) is 3. The van der Waals surface area contributed by atoms with Gasteiger partial charge in [0.15, 0.2) is 5.78 Å². The van der Waals surface area contributed by atoms with E-state index in [1.807, 2.05) is 0 Å². The summed E-state index contributed by atoms with van der Waals surface area (Å²) >= 11 is 12.0. The second kappa shape index (κ2) is 6.53. The molecule has 0 saturated carbocycles. The molecule has 3 nitrogen and oxygen atoms in total. The Labute approximate surface area is 117 Å². The van der Waals surface area contributed by atoms with E-state index in [4.69, 9.17) is 23.2 Å². The molecule has 1 heterocycles. The van der Waals surface area contributed by atoms with Crippen molar-refractivity contribution in [1.82, 2.24) is 10.2 Å². The first-order valence-corrected chi connectivity index (χ1v) is 6.84. The van der Waals surface area contributed by atoms with Crippen LogP contribution in [-0.4, -0.2) is 43.4 Å². The zero-order valence-electron chi connectivity index (χ0n) is 10.1. The van der Waals surface area contributed by atoms with Crippen LogP contribution in [0.15, 0.2) is 18.2 Å². The van der Waals surface area contributed by atoms with Gasteiger partial charge in [0, 0.05) is 18.7 Å². The minimum absolute atomic E-state index is 0.0319. The van der Waals surface area contributed by atoms with Gasteiger partial charge in [0.1, 0.15) is 0 Å². The summed E-state index contributed by atoms with van der Waals surface area (Å²) in [6.45, 7) is 4.18. The van der Waals surface area contributed by atoms with Crippen LogP contribution in [0.5, 0.6) is 0 Å². The fourth-order valence-electron chi connectivity index (χ4n) is 2.07. The Morgan fingerprint density at radius 2 is 2.11 bits per heavy atom. The van der Waals surface area contributed by atoms with Gasteiger partial charge in [-0.3, -0.25) is 9.69 Å². The van der Waals surface area contributed by atoms with Crippen molar-refractivity contribution >= 4 is 29.0 Å². The van der Waals surface area contributed by atoms with Gasteiger partial charge in [-0.1, -0.05) is 29.3 Å². The van der Waals surface area contributed by atoms with E-state index in [9.17, 15) is 4.79 Å². The number of hydrogen-bond donors (Lipinski definition) is 1. The van der Waals surface area contributed by atoms with Crippen LogP contribution >= 0.6 is 23.2 Å². The van der Waals surface area contributed by atoms with Gasteiger partial charge in [0.2, 0.25) is 0 Å². The first-order chi connectivity index (χ1) is 8.68. The van der Waals surface area contributed by atoms with E-state index < -0.39 is 0 Å². The second-order valence-electron chi connectivity index (χ2n) is 4.40. The van der Waals surface area contributed by atoms with Crippen LogP contribution in [0.25, 0.3) is 0 Å². The summed E-state index contributed by atoms with van der Waals surface area (Å²) in [5.74, 6) is 0.0319. The van der Waals surface area contributed by atoms with Crippen LogP contribution in [0, 0.1) is 0 Å². The molecule has 5 heteroatoms. The van der Waals surface area contributed by atoms with Crippen molar-refractivity contribution in [3.05, 3.63) is 33.8 Å². The van der Waals surface area contributed by atoms with E-state index in [0.717, 1.165) is 32.6 Å². The molecule has 0 unspecified atom stereocenters. The molecule has 2 rings (SSSR count). The maximum atomic E-state index is 12.2. The molecule has 1 saturated heterocycles. The van der Waals surface area contributed by atoms with Gasteiger partial charge < -0.3 is 5.32 Å². The monoisotopic (exact) mass is 286 g/mol. The third kappa shape index (κ3) is 3.45. The molecule has 1 aliphatic heterocycles. The van der Waals surface area contributed by atoms with Crippen LogP contribution in [0.2, 0.25) is 10.0 Å². The molecule has 18 heavy (non-hydrogen) atoms. The van der Waals surface area contributed by atoms with Crippen molar-refractivity contribution in [2.24, 2.45) is 0 Å². The number of carbonyl (C=O) groups is 1. The molecule has 1 aromatic carbocycles. The van der Waals surface area contributed by atoms with E-state index in [0.29, 0.717) is 22.2 Å². The maximum absolute atomic E-state index is 12.2. The lowest BCUT2D eigenvalue weighted by Crippen LogP contribution is -2.33. The van der Waals surface area contributed by atoms with E-state index in [-0.39, 0.29) is 5.78 Å². The van der Waals surface area contributed by atoms with Crippen LogP contribution in [0.4, 0.5) is 0 Å². The Balaban J connectivity index is 2.04. The molecule has 1 aromatic rings. The van der Waals surface area contributed by atoms with Crippen LogP contribution in [0.3, 0.4) is 0 Å². The largest absolute Gasteiger partial charge is 0.315 e. The van der Waals surface area contributed by atoms with Crippen molar-refractivity contribution in [2.75, 3.05) is 32.7 Å². The molecular weight excluding hydrogens is 271 g/mol. The van der Waals surface area contributed by atoms with Crippen molar-refractivity contribution in [2.45, 2.75) is 6.42 Å². The SMILES string of the molecule is O=C(CN1CCCNCC1)c1cccc(Cl)c1Cl. The Morgan fingerprint density at radius 3 is 2.94 bits per heavy atom. The average molecular weight is 287 g/mol. The normalized spacial score (nSPS) is 17.4. The summed E-state index contributed by atoms with van der Waals surface area (Å²) < 4.78 is 0. The third-order valence-electron chi connectivity index (χ3n) is 3.05. The Morgan fingerprint density at radius 1 is 1.28 bits per heavy atom. The molecule has 0 spiro atoms. The summed E-state index contributed by atoms with van der Waals surface area (Å²) in [4.78, 5) is 14.3. The summed E-state index contributed by atoms with van der Waals surface area (Å²) in [7, 11) is 0. The van der Waals surface area contributed by atoms with E-state index in [1.165, 1.54) is 0 Å². The predicted molar refractivity (Wildman–Crippen MR) is 74.7 cm³/mol. The van der Waals surface area contributed by atoms with E-state index >= 15 is 0 Å². The number of carbonyl (C=O) groups excluding carboxylic acids is 1. The fourth-order valence-corrected chi connectivity index (χ4v) is 2.47. The van der Waals surface area contributed by atoms with Crippen molar-refractivity contribution in [1.29, 1.82) is 0 Å². The Hall–Kier alpha value is -0.610. The summed E-state index contributed by atoms with van der Waals surface area (Å²) in [6.07, 6.45) is 1.07. The smallest absolute Gasteiger partial charge is 0.178 e. The van der Waals surface area contributed by atoms with Crippen LogP contribution in [-0.2, 0) is 0 Å². The van der Waals surface area contributed by atoms with E-state index in [2.05, 4.69) is 10.2 Å². The molecule has 0 aromatic heterocycles. The molecule has 1 aliphatic rings. The summed E-state index contributed by atoms with van der Waals surface area (Å²) in [5, 5.41) is 4.10. The molecule has 98 valence electrons. The number of ketones is 1. The first-order valence-electron chi connectivity index (χ1n) is 6.09. The number of Topliss-reactive ketones (excluding diaryl/α,β-unsaturated/α-hetero) is 1. The quantitative estimate of drug-likeness (QED) is 0.867. The van der Waals surface area contributed by atoms with Gasteiger partial charge in [-0.25, -0.2) is 0 Å². The number of rotatable bonds is 3. The molecule has 1 fully saturated rings. The van der Waals surface area contributed by atoms with Crippen molar-refractivity contribution in [3.8, 4) is 0 Å². The molecule has 0 aliphatic carbocycles. The third-order valence-corrected chi connectivity index (χ3v) is 3.87. The highest BCUT2D eigenvalue weighted by atomic mass is 35.5. The minimum Gasteiger partial charge on any atom is -0.315 e. The minimum atomic E-state index is 0.0319. The number of nitrogens with one attached hydrogen (secondary N) is 1. The topological polar surface area (TPSA) is 32.3 Å². The van der Waals surface area contributed by atoms with Crippen LogP contribution < -0.4 is 5.32 Å². The maximum Gasteiger partial charge on any atom is 0.178 e. The van der Waals surface area contributed by atoms with Crippen molar-refractivity contribution in [3.63, 3.8) is 0 Å². The highest BCUT2D eigenvalue weighted by Gasteiger charge is 2.17. The Bertz CT molecular complexity index is 429. The molecule has 0 radical (unpaired) electrons. The number of halogens is 2. The number of benzene rings is 1. The van der Waals surface area contributed by atoms with Gasteiger partial charge in [-0.05, 0) is 31.6 Å². The van der Waals surface area contributed by atoms with Gasteiger partial charge in [-0.2, -0.15) is 0 Å². The standard InChI is InChI=1S/C13H16Cl2N2O/c14-11-4-1-3-10(13(11)15)12(18)9-17-7-2-5-16-6-8-17/h1,3-4,16H,2,5-9H2. The van der Waals surface area contributed by atoms with Gasteiger partial charge >= 0.3 is 0 Å². The van der Waals surface area contributed by atoms with E-state index in [1.54, 1.807) is 18.2 Å². The zero-order valence-corrected chi connectivity index (χ0v) is 11.6. The van der Waals surface area contributed by atoms with Gasteiger partial charge in [0.25, 0.3) is 0 Å². The number of nitrogens with zero attached hydrogens (tertiary/aromatic N) is 1. The molecule has 1 N–H and O–H groups in total. The van der Waals surface area contributed by atoms with Gasteiger partial charge in [0.05, 0.1) is 16.6 Å². The zero-order chi connectivity index (χ0) is 13.0. The van der Waals surface area contributed by atoms with Crippen molar-refractivity contribution < 1.29 is 4.79 Å². The molecule has 0 atom stereocenters. The second-order valence-corrected chi connectivity index (χ2v) is 5.19. The molecule has 0 amide bonds. The highest BCUT2D eigenvalue weighted by molar-refractivity contribution is 6.43. The lowest BCUT2D eigenvalue weighted by Gasteiger charge is -2.18. The highest BCUT2D eigenvalue weighted by Crippen LogP contribution is 2.25. The molecular formula is C13H16Cl2N2O. The average Bonchev–Trinajstić information content (AvgIpc) is 2.61. The molecule has 0 bridgehead atoms. The Kier molecular flexibility index (Phi) is 5.01.